The number of nitrogens with two attached hydrogens (primary N) is 1. The second-order valence-electron chi connectivity index (χ2n) is 5.61. The van der Waals surface area contributed by atoms with Crippen molar-refractivity contribution in [3.05, 3.63) is 69.3 Å². The number of nitriles is 1. The van der Waals surface area contributed by atoms with E-state index in [4.69, 9.17) is 11.0 Å². The minimum Gasteiger partial charge on any atom is -0.330 e. The van der Waals surface area contributed by atoms with E-state index in [2.05, 4.69) is 4.98 Å². The summed E-state index contributed by atoms with van der Waals surface area (Å²) in [6.07, 6.45) is 0.236. The van der Waals surface area contributed by atoms with Crippen molar-refractivity contribution in [2.75, 3.05) is 6.54 Å². The van der Waals surface area contributed by atoms with Crippen molar-refractivity contribution in [1.82, 2.24) is 9.55 Å². The van der Waals surface area contributed by atoms with Crippen molar-refractivity contribution in [2.45, 2.75) is 13.3 Å². The average Bonchev–Trinajstić information content (AvgIpc) is 2.57. The van der Waals surface area contributed by atoms with Crippen molar-refractivity contribution in [1.29, 1.82) is 5.26 Å². The van der Waals surface area contributed by atoms with Crippen molar-refractivity contribution in [2.24, 2.45) is 5.73 Å². The van der Waals surface area contributed by atoms with E-state index in [0.717, 1.165) is 16.7 Å². The van der Waals surface area contributed by atoms with Gasteiger partial charge in [-0.1, -0.05) is 6.07 Å². The first-order valence-corrected chi connectivity index (χ1v) is 7.58. The van der Waals surface area contributed by atoms with Gasteiger partial charge in [0.15, 0.2) is 0 Å². The van der Waals surface area contributed by atoms with Crippen molar-refractivity contribution < 1.29 is 8.78 Å². The van der Waals surface area contributed by atoms with Crippen LogP contribution < -0.4 is 11.3 Å². The van der Waals surface area contributed by atoms with Crippen molar-refractivity contribution in [3.63, 3.8) is 0 Å². The smallest absolute Gasteiger partial charge is 0.268 e. The second-order valence-corrected chi connectivity index (χ2v) is 5.61. The molecule has 2 N–H and O–H groups in total. The Bertz CT molecular complexity index is 1080. The summed E-state index contributed by atoms with van der Waals surface area (Å²) >= 11 is 0. The van der Waals surface area contributed by atoms with E-state index in [1.165, 1.54) is 18.2 Å². The fourth-order valence-electron chi connectivity index (χ4n) is 2.76. The molecule has 1 heterocycles. The van der Waals surface area contributed by atoms with E-state index >= 15 is 0 Å². The van der Waals surface area contributed by atoms with Crippen LogP contribution in [0.15, 0.2) is 35.1 Å². The Morgan fingerprint density at radius 1 is 1.28 bits per heavy atom. The molecule has 0 saturated carbocycles. The van der Waals surface area contributed by atoms with Crippen LogP contribution in [0.2, 0.25) is 0 Å². The van der Waals surface area contributed by atoms with E-state index in [-0.39, 0.29) is 40.9 Å². The Morgan fingerprint density at radius 2 is 2.04 bits per heavy atom. The summed E-state index contributed by atoms with van der Waals surface area (Å²) in [6.45, 7) is 1.92. The lowest BCUT2D eigenvalue weighted by atomic mass is 10.1. The molecule has 0 aliphatic carbocycles. The molecule has 25 heavy (non-hydrogen) atoms. The van der Waals surface area contributed by atoms with Crippen LogP contribution in [0.3, 0.4) is 0 Å². The quantitative estimate of drug-likeness (QED) is 0.793. The lowest BCUT2D eigenvalue weighted by Crippen LogP contribution is -2.26. The van der Waals surface area contributed by atoms with Gasteiger partial charge in [0.1, 0.15) is 22.8 Å². The molecule has 0 unspecified atom stereocenters. The predicted octanol–water partition coefficient (Wildman–Crippen LogP) is 2.35. The third kappa shape index (κ3) is 2.88. The first-order chi connectivity index (χ1) is 12.0. The Labute approximate surface area is 142 Å². The van der Waals surface area contributed by atoms with Gasteiger partial charge >= 0.3 is 0 Å². The van der Waals surface area contributed by atoms with Crippen LogP contribution in [-0.2, 0) is 6.42 Å². The number of hydrogen-bond donors (Lipinski definition) is 1. The number of fused-ring (bicyclic) bond motifs is 1. The number of nitrogens with zero attached hydrogens (tertiary/aromatic N) is 3. The Morgan fingerprint density at radius 3 is 2.72 bits per heavy atom. The lowest BCUT2D eigenvalue weighted by Gasteiger charge is -2.14. The van der Waals surface area contributed by atoms with Gasteiger partial charge in [-0.2, -0.15) is 5.26 Å². The minimum atomic E-state index is -0.706. The molecule has 3 rings (SSSR count). The summed E-state index contributed by atoms with van der Waals surface area (Å²) in [4.78, 5) is 17.3. The molecule has 0 atom stereocenters. The Balaban J connectivity index is 2.46. The lowest BCUT2D eigenvalue weighted by molar-refractivity contribution is 0.624. The third-order valence-electron chi connectivity index (χ3n) is 3.88. The molecule has 0 spiro atoms. The highest BCUT2D eigenvalue weighted by atomic mass is 19.1. The van der Waals surface area contributed by atoms with E-state index in [1.54, 1.807) is 6.92 Å². The van der Waals surface area contributed by atoms with Gasteiger partial charge in [0.05, 0.1) is 22.8 Å². The number of benzene rings is 2. The van der Waals surface area contributed by atoms with Gasteiger partial charge in [0.25, 0.3) is 5.56 Å². The minimum absolute atomic E-state index is 0.0467. The number of halogens is 2. The molecule has 5 nitrogen and oxygen atoms in total. The molecule has 0 fully saturated rings. The van der Waals surface area contributed by atoms with Crippen molar-refractivity contribution in [3.8, 4) is 11.8 Å². The van der Waals surface area contributed by atoms with Gasteiger partial charge in [-0.15, -0.1) is 0 Å². The zero-order valence-corrected chi connectivity index (χ0v) is 13.4. The molecule has 3 aromatic rings. The summed E-state index contributed by atoms with van der Waals surface area (Å²) in [5, 5.41) is 8.85. The number of rotatable bonds is 3. The Hall–Kier alpha value is -3.11. The predicted molar refractivity (Wildman–Crippen MR) is 89.5 cm³/mol. The van der Waals surface area contributed by atoms with Crippen LogP contribution in [0.4, 0.5) is 8.78 Å². The molecule has 0 saturated heterocycles. The molecule has 0 bridgehead atoms. The second kappa shape index (κ2) is 6.42. The average molecular weight is 340 g/mol. The summed E-state index contributed by atoms with van der Waals surface area (Å²) in [7, 11) is 0. The van der Waals surface area contributed by atoms with Crippen LogP contribution in [0.25, 0.3) is 16.6 Å². The molecule has 7 heteroatoms. The fraction of sp³-hybridized carbons (Fsp3) is 0.167. The number of aromatic nitrogens is 2. The van der Waals surface area contributed by atoms with Gasteiger partial charge in [0, 0.05) is 6.42 Å². The van der Waals surface area contributed by atoms with E-state index in [9.17, 15) is 13.6 Å². The largest absolute Gasteiger partial charge is 0.330 e. The Kier molecular flexibility index (Phi) is 4.30. The molecule has 1 aromatic heterocycles. The monoisotopic (exact) mass is 340 g/mol. The molecule has 0 radical (unpaired) electrons. The molecular weight excluding hydrogens is 326 g/mol. The molecule has 0 aliphatic heterocycles. The number of aryl methyl sites for hydroxylation is 1. The van der Waals surface area contributed by atoms with Crippen LogP contribution in [-0.4, -0.2) is 16.1 Å². The maximum absolute atomic E-state index is 14.3. The van der Waals surface area contributed by atoms with Gasteiger partial charge in [-0.05, 0) is 43.3 Å². The first kappa shape index (κ1) is 16.7. The summed E-state index contributed by atoms with van der Waals surface area (Å²) < 4.78 is 29.2. The van der Waals surface area contributed by atoms with Gasteiger partial charge in [-0.3, -0.25) is 9.36 Å². The topological polar surface area (TPSA) is 84.7 Å². The van der Waals surface area contributed by atoms with Gasteiger partial charge in [0.2, 0.25) is 0 Å². The summed E-state index contributed by atoms with van der Waals surface area (Å²) in [5.74, 6) is -1.10. The molecular formula is C18H14F2N4O. The highest BCUT2D eigenvalue weighted by Gasteiger charge is 2.17. The van der Waals surface area contributed by atoms with Gasteiger partial charge < -0.3 is 5.73 Å². The fourth-order valence-corrected chi connectivity index (χ4v) is 2.76. The normalized spacial score (nSPS) is 10.8. The van der Waals surface area contributed by atoms with Crippen LogP contribution >= 0.6 is 0 Å². The highest BCUT2D eigenvalue weighted by Crippen LogP contribution is 2.20. The zero-order chi connectivity index (χ0) is 18.1. The van der Waals surface area contributed by atoms with E-state index < -0.39 is 17.2 Å². The molecule has 0 amide bonds. The molecule has 0 aliphatic rings. The summed E-state index contributed by atoms with van der Waals surface area (Å²) in [6, 6.07) is 8.07. The standard InChI is InChI=1S/C18H14F2N4O/c1-10-2-3-14(20)16-17(10)23-15(4-5-21)24(18(16)25)13-7-11(9-22)6-12(19)8-13/h2-3,6-8H,4-5,21H2,1H3. The highest BCUT2D eigenvalue weighted by molar-refractivity contribution is 5.81. The van der Waals surface area contributed by atoms with E-state index in [0.29, 0.717) is 5.56 Å². The number of hydrogen-bond acceptors (Lipinski definition) is 4. The zero-order valence-electron chi connectivity index (χ0n) is 13.4. The molecule has 2 aromatic carbocycles. The summed E-state index contributed by atoms with van der Waals surface area (Å²) in [5.41, 5.74) is 6.00. The maximum Gasteiger partial charge on any atom is 0.268 e. The van der Waals surface area contributed by atoms with E-state index in [1.807, 2.05) is 6.07 Å². The van der Waals surface area contributed by atoms with Crippen LogP contribution in [0, 0.1) is 29.9 Å². The van der Waals surface area contributed by atoms with Gasteiger partial charge in [-0.25, -0.2) is 13.8 Å². The SMILES string of the molecule is Cc1ccc(F)c2c(=O)n(-c3cc(F)cc(C#N)c3)c(CCN)nc12. The third-order valence-corrected chi connectivity index (χ3v) is 3.88. The molecule has 126 valence electrons. The van der Waals surface area contributed by atoms with Crippen molar-refractivity contribution >= 4 is 10.9 Å². The maximum atomic E-state index is 14.3. The first-order valence-electron chi connectivity index (χ1n) is 7.58. The van der Waals surface area contributed by atoms with Crippen LogP contribution in [0.1, 0.15) is 17.0 Å². The van der Waals surface area contributed by atoms with Crippen LogP contribution in [0.5, 0.6) is 0 Å².